The maximum absolute atomic E-state index is 5.20. The molecule has 0 spiro atoms. The minimum atomic E-state index is 0.697. The zero-order chi connectivity index (χ0) is 8.39. The molecular weight excluding hydrogens is 164 g/mol. The molecule has 2 rings (SSSR count). The number of hydrogen-bond acceptors (Lipinski definition) is 1. The van der Waals surface area contributed by atoms with Gasteiger partial charge in [0.1, 0.15) is 0 Å². The second kappa shape index (κ2) is 3.36. The first kappa shape index (κ1) is 7.93. The molecule has 62 valence electrons. The van der Waals surface area contributed by atoms with Gasteiger partial charge in [-0.1, -0.05) is 42.5 Å². The molecule has 0 N–H and O–H groups in total. The molecule has 1 fully saturated rings. The molecule has 1 atom stereocenters. The molecule has 0 saturated heterocycles. The van der Waals surface area contributed by atoms with Gasteiger partial charge in [-0.2, -0.15) is 0 Å². The van der Waals surface area contributed by atoms with E-state index in [1.54, 1.807) is 0 Å². The van der Waals surface area contributed by atoms with Crippen molar-refractivity contribution in [1.82, 2.24) is 0 Å². The summed E-state index contributed by atoms with van der Waals surface area (Å²) in [6.07, 6.45) is 3.63. The Labute approximate surface area is 78.6 Å². The van der Waals surface area contributed by atoms with Crippen LogP contribution in [0.3, 0.4) is 0 Å². The van der Waals surface area contributed by atoms with Crippen molar-refractivity contribution in [2.24, 2.45) is 5.92 Å². The highest BCUT2D eigenvalue weighted by Crippen LogP contribution is 2.27. The van der Waals surface area contributed by atoms with Crippen LogP contribution in [0.1, 0.15) is 18.4 Å². The highest BCUT2D eigenvalue weighted by atomic mass is 32.1. The van der Waals surface area contributed by atoms with Crippen molar-refractivity contribution < 1.29 is 0 Å². The Morgan fingerprint density at radius 3 is 2.50 bits per heavy atom. The summed E-state index contributed by atoms with van der Waals surface area (Å²) in [6, 6.07) is 10.6. The van der Waals surface area contributed by atoms with Crippen LogP contribution in [0.25, 0.3) is 0 Å². The Balaban J connectivity index is 2.00. The lowest BCUT2D eigenvalue weighted by atomic mass is 9.81. The topological polar surface area (TPSA) is 0 Å². The monoisotopic (exact) mass is 176 g/mol. The Morgan fingerprint density at radius 2 is 2.00 bits per heavy atom. The zero-order valence-corrected chi connectivity index (χ0v) is 7.81. The number of rotatable bonds is 2. The maximum Gasteiger partial charge on any atom is -0.00369 e. The summed E-state index contributed by atoms with van der Waals surface area (Å²) in [4.78, 5) is 1.28. The minimum absolute atomic E-state index is 0.697. The van der Waals surface area contributed by atoms with E-state index in [1.807, 2.05) is 0 Å². The lowest BCUT2D eigenvalue weighted by Crippen LogP contribution is -2.25. The van der Waals surface area contributed by atoms with Crippen LogP contribution in [0.15, 0.2) is 30.3 Å². The van der Waals surface area contributed by atoms with Gasteiger partial charge in [0.05, 0.1) is 0 Å². The van der Waals surface area contributed by atoms with E-state index in [1.165, 1.54) is 23.3 Å². The van der Waals surface area contributed by atoms with Gasteiger partial charge in [0.15, 0.2) is 0 Å². The molecule has 1 unspecified atom stereocenters. The van der Waals surface area contributed by atoms with E-state index in [4.69, 9.17) is 12.2 Å². The maximum atomic E-state index is 5.20. The first-order chi connectivity index (χ1) is 5.86. The Hall–Kier alpha value is -0.690. The van der Waals surface area contributed by atoms with Crippen molar-refractivity contribution in [3.63, 3.8) is 0 Å². The average Bonchev–Trinajstić information content (AvgIpc) is 2.14. The third-order valence-corrected chi connectivity index (χ3v) is 3.06. The van der Waals surface area contributed by atoms with Gasteiger partial charge in [-0.3, -0.25) is 0 Å². The van der Waals surface area contributed by atoms with E-state index in [0.29, 0.717) is 5.92 Å². The molecule has 0 aromatic heterocycles. The highest BCUT2D eigenvalue weighted by Gasteiger charge is 2.23. The molecule has 1 saturated carbocycles. The summed E-state index contributed by atoms with van der Waals surface area (Å²) in [5, 5.41) is 0. The molecule has 12 heavy (non-hydrogen) atoms. The number of thiocarbonyl (C=S) groups is 1. The average molecular weight is 176 g/mol. The van der Waals surface area contributed by atoms with Gasteiger partial charge in [0, 0.05) is 0 Å². The van der Waals surface area contributed by atoms with E-state index in [9.17, 15) is 0 Å². The van der Waals surface area contributed by atoms with Crippen molar-refractivity contribution in [2.75, 3.05) is 0 Å². The van der Waals surface area contributed by atoms with E-state index in [2.05, 4.69) is 30.3 Å². The molecule has 1 heteroatoms. The standard InChI is InChI=1S/C11H12S/c12-11-7-6-10(11)8-9-4-2-1-3-5-9/h1-5,10H,6-8H2. The van der Waals surface area contributed by atoms with Crippen molar-refractivity contribution >= 4 is 17.1 Å². The molecule has 0 bridgehead atoms. The third-order valence-electron chi connectivity index (χ3n) is 2.52. The van der Waals surface area contributed by atoms with Crippen LogP contribution in [-0.4, -0.2) is 4.86 Å². The second-order valence-corrected chi connectivity index (χ2v) is 3.92. The summed E-state index contributed by atoms with van der Waals surface area (Å²) >= 11 is 5.20. The van der Waals surface area contributed by atoms with Crippen LogP contribution in [0.5, 0.6) is 0 Å². The van der Waals surface area contributed by atoms with Crippen LogP contribution in [0.4, 0.5) is 0 Å². The van der Waals surface area contributed by atoms with Gasteiger partial charge in [-0.25, -0.2) is 0 Å². The smallest absolute Gasteiger partial charge is 0.00369 e. The SMILES string of the molecule is S=C1CCC1Cc1ccccc1. The Morgan fingerprint density at radius 1 is 1.25 bits per heavy atom. The minimum Gasteiger partial charge on any atom is -0.0894 e. The normalized spacial score (nSPS) is 22.0. The number of benzene rings is 1. The Kier molecular flexibility index (Phi) is 2.22. The summed E-state index contributed by atoms with van der Waals surface area (Å²) in [5.41, 5.74) is 1.42. The van der Waals surface area contributed by atoms with E-state index < -0.39 is 0 Å². The molecule has 0 heterocycles. The van der Waals surface area contributed by atoms with Crippen molar-refractivity contribution in [3.05, 3.63) is 35.9 Å². The largest absolute Gasteiger partial charge is 0.0894 e. The lowest BCUT2D eigenvalue weighted by molar-refractivity contribution is 0.564. The molecule has 1 aromatic carbocycles. The van der Waals surface area contributed by atoms with Crippen molar-refractivity contribution in [2.45, 2.75) is 19.3 Å². The quantitative estimate of drug-likeness (QED) is 0.624. The fourth-order valence-corrected chi connectivity index (χ4v) is 1.90. The fraction of sp³-hybridized carbons (Fsp3) is 0.364. The molecule has 0 amide bonds. The van der Waals surface area contributed by atoms with Crippen LogP contribution >= 0.6 is 12.2 Å². The molecule has 1 aliphatic carbocycles. The van der Waals surface area contributed by atoms with Crippen LogP contribution < -0.4 is 0 Å². The fourth-order valence-electron chi connectivity index (χ4n) is 1.58. The van der Waals surface area contributed by atoms with E-state index in [-0.39, 0.29) is 0 Å². The van der Waals surface area contributed by atoms with Gasteiger partial charge in [0.25, 0.3) is 0 Å². The van der Waals surface area contributed by atoms with Crippen LogP contribution in [-0.2, 0) is 6.42 Å². The van der Waals surface area contributed by atoms with E-state index >= 15 is 0 Å². The second-order valence-electron chi connectivity index (χ2n) is 3.39. The summed E-state index contributed by atoms with van der Waals surface area (Å²) in [7, 11) is 0. The molecule has 0 aliphatic heterocycles. The van der Waals surface area contributed by atoms with Gasteiger partial charge in [-0.15, -0.1) is 0 Å². The Bertz CT molecular complexity index is 276. The van der Waals surface area contributed by atoms with Gasteiger partial charge >= 0.3 is 0 Å². The predicted molar refractivity (Wildman–Crippen MR) is 55.5 cm³/mol. The molecule has 0 nitrogen and oxygen atoms in total. The molecule has 1 aliphatic rings. The third kappa shape index (κ3) is 1.56. The van der Waals surface area contributed by atoms with Crippen molar-refractivity contribution in [1.29, 1.82) is 0 Å². The van der Waals surface area contributed by atoms with Gasteiger partial charge in [0.2, 0.25) is 0 Å². The summed E-state index contributed by atoms with van der Waals surface area (Å²) in [5.74, 6) is 0.697. The molecule has 0 radical (unpaired) electrons. The van der Waals surface area contributed by atoms with Crippen LogP contribution in [0.2, 0.25) is 0 Å². The first-order valence-electron chi connectivity index (χ1n) is 4.43. The van der Waals surface area contributed by atoms with Gasteiger partial charge < -0.3 is 0 Å². The number of hydrogen-bond donors (Lipinski definition) is 0. The summed E-state index contributed by atoms with van der Waals surface area (Å²) in [6.45, 7) is 0. The summed E-state index contributed by atoms with van der Waals surface area (Å²) < 4.78 is 0. The highest BCUT2D eigenvalue weighted by molar-refractivity contribution is 7.80. The van der Waals surface area contributed by atoms with Gasteiger partial charge in [-0.05, 0) is 35.6 Å². The lowest BCUT2D eigenvalue weighted by Gasteiger charge is -2.26. The molecule has 1 aromatic rings. The molecular formula is C11H12S. The predicted octanol–water partition coefficient (Wildman–Crippen LogP) is 3.01. The van der Waals surface area contributed by atoms with E-state index in [0.717, 1.165) is 6.42 Å². The zero-order valence-electron chi connectivity index (χ0n) is 6.99. The first-order valence-corrected chi connectivity index (χ1v) is 4.84. The van der Waals surface area contributed by atoms with Crippen molar-refractivity contribution in [3.8, 4) is 0 Å². The van der Waals surface area contributed by atoms with Crippen LogP contribution in [0, 0.1) is 5.92 Å².